The molecule has 9 heteroatoms. The molecule has 1 rings (SSSR count). The molecule has 0 saturated carbocycles. The second-order valence-corrected chi connectivity index (χ2v) is 6.65. The molecule has 82 valence electrons. The van der Waals surface area contributed by atoms with Gasteiger partial charge < -0.3 is 9.79 Å². The average Bonchev–Trinajstić information content (AvgIpc) is 2.16. The minimum absolute atomic E-state index is 0.307. The van der Waals surface area contributed by atoms with Crippen molar-refractivity contribution in [2.75, 3.05) is 0 Å². The van der Waals surface area contributed by atoms with Gasteiger partial charge >= 0.3 is 20.5 Å². The summed E-state index contributed by atoms with van der Waals surface area (Å²) in [4.78, 5) is 39.8. The van der Waals surface area contributed by atoms with Gasteiger partial charge in [-0.3, -0.25) is 5.41 Å². The van der Waals surface area contributed by atoms with Crippen LogP contribution in [0.1, 0.15) is 0 Å². The monoisotopic (exact) mass is 251 g/mol. The highest BCUT2D eigenvalue weighted by molar-refractivity contribution is 8.06. The van der Waals surface area contributed by atoms with Crippen molar-refractivity contribution in [3.05, 3.63) is 24.4 Å². The van der Waals surface area contributed by atoms with Crippen LogP contribution in [0.25, 0.3) is 0 Å². The second kappa shape index (κ2) is 4.06. The Morgan fingerprint density at radius 3 is 2.40 bits per heavy atom. The summed E-state index contributed by atoms with van der Waals surface area (Å²) in [6.07, 6.45) is 1.24. The van der Waals surface area contributed by atoms with E-state index in [1.54, 1.807) is 0 Å². The fraction of sp³-hybridized carbons (Fsp3) is 0. The van der Waals surface area contributed by atoms with E-state index in [4.69, 9.17) is 15.2 Å². The lowest BCUT2D eigenvalue weighted by Crippen LogP contribution is -2.20. The van der Waals surface area contributed by atoms with E-state index in [-0.39, 0.29) is 5.44 Å². The zero-order chi connectivity index (χ0) is 11.7. The molecule has 0 aliphatic carbocycles. The molecule has 1 heterocycles. The Morgan fingerprint density at radius 2 is 2.00 bits per heavy atom. The minimum Gasteiger partial charge on any atom is -0.317 e. The predicted octanol–water partition coefficient (Wildman–Crippen LogP) is -0.348. The van der Waals surface area contributed by atoms with Crippen LogP contribution in [0.5, 0.6) is 0 Å². The number of pyridine rings is 1. The molecule has 0 amide bonds. The fourth-order valence-electron chi connectivity index (χ4n) is 0.828. The highest BCUT2D eigenvalue weighted by Crippen LogP contribution is 2.61. The minimum atomic E-state index is -4.95. The predicted molar refractivity (Wildman–Crippen MR) is 55.0 cm³/mol. The quantitative estimate of drug-likeness (QED) is 0.368. The molecule has 0 radical (unpaired) electrons. The van der Waals surface area contributed by atoms with E-state index in [0.29, 0.717) is 0 Å². The summed E-state index contributed by atoms with van der Waals surface area (Å²) in [5.74, 6) is 0. The number of nitrogens with zero attached hydrogens (tertiary/aromatic N) is 1. The highest BCUT2D eigenvalue weighted by Gasteiger charge is 2.53. The molecular weight excluding hydrogens is 242 g/mol. The summed E-state index contributed by atoms with van der Waals surface area (Å²) < 4.78 is 10.7. The van der Waals surface area contributed by atoms with E-state index in [0.717, 1.165) is 0 Å². The van der Waals surface area contributed by atoms with E-state index in [1.165, 1.54) is 24.4 Å². The second-order valence-electron chi connectivity index (χ2n) is 2.66. The SMILES string of the molecule is N=C(P(=O)(O)O)[P+](O)(O)c1ccccn1. The highest BCUT2D eigenvalue weighted by atomic mass is 31.3. The topological polar surface area (TPSA) is 135 Å². The maximum absolute atomic E-state index is 10.7. The Kier molecular flexibility index (Phi) is 3.35. The molecule has 7 nitrogen and oxygen atoms in total. The fourth-order valence-corrected chi connectivity index (χ4v) is 3.33. The molecule has 0 bridgehead atoms. The average molecular weight is 251 g/mol. The molecule has 0 aromatic carbocycles. The molecule has 1 aromatic heterocycles. The van der Waals surface area contributed by atoms with E-state index in [1.807, 2.05) is 0 Å². The molecule has 5 N–H and O–H groups in total. The first-order valence-corrected chi connectivity index (χ1v) is 6.98. The van der Waals surface area contributed by atoms with E-state index in [2.05, 4.69) is 4.98 Å². The van der Waals surface area contributed by atoms with Crippen LogP contribution in [0.15, 0.2) is 24.4 Å². The Bertz CT molecular complexity index is 415. The van der Waals surface area contributed by atoms with Crippen LogP contribution < -0.4 is 5.44 Å². The lowest BCUT2D eigenvalue weighted by molar-refractivity contribution is 0.390. The van der Waals surface area contributed by atoms with Gasteiger partial charge in [-0.1, -0.05) is 6.07 Å². The van der Waals surface area contributed by atoms with E-state index < -0.39 is 20.5 Å². The van der Waals surface area contributed by atoms with Crippen molar-refractivity contribution in [3.63, 3.8) is 0 Å². The molecule has 0 saturated heterocycles. The van der Waals surface area contributed by atoms with Gasteiger partial charge in [-0.2, -0.15) is 0 Å². The summed E-state index contributed by atoms with van der Waals surface area (Å²) in [7, 11) is -9.25. The summed E-state index contributed by atoms with van der Waals surface area (Å²) >= 11 is 0. The van der Waals surface area contributed by atoms with Crippen molar-refractivity contribution < 1.29 is 24.1 Å². The van der Waals surface area contributed by atoms with Crippen LogP contribution >= 0.6 is 15.3 Å². The summed E-state index contributed by atoms with van der Waals surface area (Å²) in [6.45, 7) is 0. The molecule has 0 fully saturated rings. The van der Waals surface area contributed by atoms with Crippen LogP contribution in [0.2, 0.25) is 0 Å². The third-order valence-corrected chi connectivity index (χ3v) is 5.20. The number of hydrogen-bond donors (Lipinski definition) is 5. The Labute approximate surface area is 85.6 Å². The Morgan fingerprint density at radius 1 is 1.40 bits per heavy atom. The third kappa shape index (κ3) is 2.66. The molecule has 15 heavy (non-hydrogen) atoms. The van der Waals surface area contributed by atoms with Crippen molar-refractivity contribution in [2.24, 2.45) is 0 Å². The first kappa shape index (κ1) is 12.4. The van der Waals surface area contributed by atoms with Crippen LogP contribution in [0.3, 0.4) is 0 Å². The van der Waals surface area contributed by atoms with Gasteiger partial charge in [0.25, 0.3) is 0 Å². The molecule has 0 atom stereocenters. The maximum atomic E-state index is 10.7. The standard InChI is InChI=1S/C6H8N2O5P2/c7-6(15(11,12)13)14(9,10)5-3-1-2-4-8-5/h1-4,7,9-10H,(H-,11,12,13)/p+1. The van der Waals surface area contributed by atoms with Crippen molar-refractivity contribution in [3.8, 4) is 0 Å². The van der Waals surface area contributed by atoms with Gasteiger partial charge in [-0.15, -0.1) is 0 Å². The molecule has 1 aromatic rings. The van der Waals surface area contributed by atoms with Gasteiger partial charge in [-0.05, 0) is 6.07 Å². The first-order valence-electron chi connectivity index (χ1n) is 3.67. The van der Waals surface area contributed by atoms with Crippen molar-refractivity contribution in [2.45, 2.75) is 0 Å². The number of aromatic nitrogens is 1. The van der Waals surface area contributed by atoms with Crippen molar-refractivity contribution in [1.82, 2.24) is 4.98 Å². The van der Waals surface area contributed by atoms with Gasteiger partial charge in [0.1, 0.15) is 0 Å². The zero-order valence-electron chi connectivity index (χ0n) is 7.35. The number of rotatable bonds is 3. The largest absolute Gasteiger partial charge is 0.415 e. The summed E-state index contributed by atoms with van der Waals surface area (Å²) in [5, 5.41) is 5.63. The van der Waals surface area contributed by atoms with E-state index >= 15 is 0 Å². The van der Waals surface area contributed by atoms with Gasteiger partial charge in [0.15, 0.2) is 0 Å². The molecule has 0 spiro atoms. The van der Waals surface area contributed by atoms with Gasteiger partial charge in [0.05, 0.1) is 0 Å². The first-order chi connectivity index (χ1) is 6.76. The Hall–Kier alpha value is -0.680. The normalized spacial score (nSPS) is 12.5. The smallest absolute Gasteiger partial charge is 0.317 e. The Balaban J connectivity index is 3.15. The van der Waals surface area contributed by atoms with Crippen molar-refractivity contribution >= 4 is 25.9 Å². The molecule has 0 aliphatic heterocycles. The van der Waals surface area contributed by atoms with Gasteiger partial charge in [-0.25, -0.2) is 19.3 Å². The van der Waals surface area contributed by atoms with Gasteiger partial charge in [0.2, 0.25) is 5.44 Å². The summed E-state index contributed by atoms with van der Waals surface area (Å²) in [6, 6.07) is 4.12. The number of hydrogen-bond acceptors (Lipinski definition) is 5. The van der Waals surface area contributed by atoms with Crippen LogP contribution in [0, 0.1) is 5.41 Å². The maximum Gasteiger partial charge on any atom is 0.415 e. The van der Waals surface area contributed by atoms with Crippen LogP contribution in [-0.2, 0) is 4.57 Å². The van der Waals surface area contributed by atoms with E-state index in [9.17, 15) is 14.4 Å². The lowest BCUT2D eigenvalue weighted by atomic mass is 10.5. The molecular formula is C6H9N2O5P2+. The van der Waals surface area contributed by atoms with Crippen molar-refractivity contribution in [1.29, 1.82) is 5.41 Å². The summed E-state index contributed by atoms with van der Waals surface area (Å²) in [5.41, 5.74) is -0.307. The number of nitrogens with one attached hydrogen (secondary N) is 1. The third-order valence-electron chi connectivity index (χ3n) is 1.54. The zero-order valence-corrected chi connectivity index (χ0v) is 9.14. The lowest BCUT2D eigenvalue weighted by Gasteiger charge is -2.11. The van der Waals surface area contributed by atoms with Gasteiger partial charge in [0, 0.05) is 12.3 Å². The van der Waals surface area contributed by atoms with Crippen LogP contribution in [0.4, 0.5) is 0 Å². The molecule has 0 aliphatic rings. The van der Waals surface area contributed by atoms with Crippen LogP contribution in [-0.4, -0.2) is 29.8 Å². The molecule has 0 unspecified atom stereocenters.